The first-order valence-electron chi connectivity index (χ1n) is 9.85. The lowest BCUT2D eigenvalue weighted by molar-refractivity contribution is -0.121. The Kier molecular flexibility index (Phi) is 7.54. The van der Waals surface area contributed by atoms with E-state index in [1.165, 1.54) is 9.87 Å². The molecule has 0 bridgehead atoms. The fraction of sp³-hybridized carbons (Fsp3) is 0.450. The van der Waals surface area contributed by atoms with Gasteiger partial charge in [0.25, 0.3) is 0 Å². The van der Waals surface area contributed by atoms with E-state index in [1.54, 1.807) is 18.5 Å². The Labute approximate surface area is 172 Å². The molecule has 1 aliphatic rings. The summed E-state index contributed by atoms with van der Waals surface area (Å²) in [6.45, 7) is 2.02. The third-order valence-electron chi connectivity index (χ3n) is 4.86. The van der Waals surface area contributed by atoms with E-state index in [0.717, 1.165) is 12.8 Å². The van der Waals surface area contributed by atoms with Crippen LogP contribution in [-0.4, -0.2) is 67.1 Å². The van der Waals surface area contributed by atoms with Crippen molar-refractivity contribution < 1.29 is 13.2 Å². The van der Waals surface area contributed by atoms with Gasteiger partial charge in [-0.2, -0.15) is 4.31 Å². The van der Waals surface area contributed by atoms with E-state index in [4.69, 9.17) is 0 Å². The average molecular weight is 418 g/mol. The van der Waals surface area contributed by atoms with Crippen LogP contribution in [0.3, 0.4) is 0 Å². The maximum Gasteiger partial charge on any atom is 0.225 e. The van der Waals surface area contributed by atoms with Gasteiger partial charge in [0.1, 0.15) is 0 Å². The second-order valence-corrected chi connectivity index (χ2v) is 9.03. The van der Waals surface area contributed by atoms with Crippen LogP contribution in [0.15, 0.2) is 48.8 Å². The molecule has 0 aliphatic carbocycles. The van der Waals surface area contributed by atoms with Gasteiger partial charge in [-0.1, -0.05) is 30.3 Å². The molecule has 9 heteroatoms. The molecule has 0 spiro atoms. The summed E-state index contributed by atoms with van der Waals surface area (Å²) >= 11 is 0. The second kappa shape index (κ2) is 10.3. The summed E-state index contributed by atoms with van der Waals surface area (Å²) in [7, 11) is -3.40. The van der Waals surface area contributed by atoms with Crippen molar-refractivity contribution in [2.75, 3.05) is 43.4 Å². The fourth-order valence-corrected chi connectivity index (χ4v) is 4.59. The zero-order chi connectivity index (χ0) is 20.5. The van der Waals surface area contributed by atoms with Crippen molar-refractivity contribution in [3.8, 4) is 0 Å². The van der Waals surface area contributed by atoms with Gasteiger partial charge in [-0.25, -0.2) is 18.4 Å². The van der Waals surface area contributed by atoms with E-state index in [1.807, 2.05) is 35.2 Å². The Morgan fingerprint density at radius 3 is 2.38 bits per heavy atom. The van der Waals surface area contributed by atoms with Gasteiger partial charge in [-0.3, -0.25) is 4.79 Å². The molecule has 1 amide bonds. The average Bonchev–Trinajstić information content (AvgIpc) is 2.75. The maximum atomic E-state index is 12.5. The summed E-state index contributed by atoms with van der Waals surface area (Å²) in [5, 5.41) is 2.72. The summed E-state index contributed by atoms with van der Waals surface area (Å²) < 4.78 is 26.5. The summed E-state index contributed by atoms with van der Waals surface area (Å²) in [5.74, 6) is 0.425. The van der Waals surface area contributed by atoms with E-state index < -0.39 is 10.0 Å². The van der Waals surface area contributed by atoms with Gasteiger partial charge >= 0.3 is 0 Å². The topological polar surface area (TPSA) is 95.5 Å². The van der Waals surface area contributed by atoms with Crippen LogP contribution < -0.4 is 10.2 Å². The number of amides is 1. The lowest BCUT2D eigenvalue weighted by Crippen LogP contribution is -2.50. The largest absolute Gasteiger partial charge is 0.355 e. The molecule has 1 aromatic heterocycles. The molecule has 8 nitrogen and oxygen atoms in total. The van der Waals surface area contributed by atoms with E-state index in [-0.39, 0.29) is 18.2 Å². The normalized spacial score (nSPS) is 15.2. The van der Waals surface area contributed by atoms with E-state index in [0.29, 0.717) is 38.5 Å². The van der Waals surface area contributed by atoms with Crippen molar-refractivity contribution in [1.82, 2.24) is 19.6 Å². The van der Waals surface area contributed by atoms with E-state index in [9.17, 15) is 13.2 Å². The molecule has 1 N–H and O–H groups in total. The zero-order valence-corrected chi connectivity index (χ0v) is 17.2. The van der Waals surface area contributed by atoms with Gasteiger partial charge in [-0.05, 0) is 24.5 Å². The molecule has 0 atom stereocenters. The maximum absolute atomic E-state index is 12.5. The van der Waals surface area contributed by atoms with Crippen molar-refractivity contribution in [3.63, 3.8) is 0 Å². The van der Waals surface area contributed by atoms with Crippen LogP contribution in [-0.2, 0) is 21.2 Å². The first kappa shape index (κ1) is 21.2. The van der Waals surface area contributed by atoms with Crippen LogP contribution in [0.2, 0.25) is 0 Å². The Balaban J connectivity index is 1.35. The third-order valence-corrected chi connectivity index (χ3v) is 6.73. The number of piperazine rings is 1. The first-order valence-corrected chi connectivity index (χ1v) is 11.5. The van der Waals surface area contributed by atoms with Crippen molar-refractivity contribution in [3.05, 3.63) is 54.4 Å². The third kappa shape index (κ3) is 6.50. The van der Waals surface area contributed by atoms with Gasteiger partial charge in [0, 0.05) is 51.5 Å². The van der Waals surface area contributed by atoms with Crippen LogP contribution in [0.1, 0.15) is 18.4 Å². The molecular weight excluding hydrogens is 390 g/mol. The molecule has 1 aliphatic heterocycles. The van der Waals surface area contributed by atoms with Gasteiger partial charge in [0.2, 0.25) is 21.9 Å². The second-order valence-electron chi connectivity index (χ2n) is 6.94. The molecule has 0 radical (unpaired) electrons. The number of nitrogens with one attached hydrogen (secondary N) is 1. The van der Waals surface area contributed by atoms with Crippen molar-refractivity contribution in [1.29, 1.82) is 0 Å². The molecule has 29 heavy (non-hydrogen) atoms. The standard InChI is InChI=1S/C20H27N5O3S/c26-19(9-4-8-18-6-2-1-3-7-18)21-12-17-29(27,28)25-15-13-24(14-16-25)20-22-10-5-11-23-20/h1-3,5-7,10-11H,4,8-9,12-17H2,(H,21,26). The molecular formula is C20H27N5O3S. The Morgan fingerprint density at radius 1 is 1.00 bits per heavy atom. The molecule has 2 aromatic rings. The monoisotopic (exact) mass is 417 g/mol. The van der Waals surface area contributed by atoms with Gasteiger partial charge in [0.05, 0.1) is 5.75 Å². The van der Waals surface area contributed by atoms with Gasteiger partial charge in [0.15, 0.2) is 0 Å². The number of rotatable bonds is 9. The van der Waals surface area contributed by atoms with Gasteiger partial charge < -0.3 is 10.2 Å². The minimum Gasteiger partial charge on any atom is -0.355 e. The predicted octanol–water partition coefficient (Wildman–Crippen LogP) is 1.07. The number of hydrogen-bond donors (Lipinski definition) is 1. The van der Waals surface area contributed by atoms with Crippen LogP contribution >= 0.6 is 0 Å². The molecule has 2 heterocycles. The van der Waals surface area contributed by atoms with Crippen LogP contribution in [0.4, 0.5) is 5.95 Å². The number of hydrogen-bond acceptors (Lipinski definition) is 6. The number of sulfonamides is 1. The molecule has 0 saturated carbocycles. The molecule has 0 unspecified atom stereocenters. The smallest absolute Gasteiger partial charge is 0.225 e. The van der Waals surface area contributed by atoms with Crippen LogP contribution in [0, 0.1) is 0 Å². The Bertz CT molecular complexity index is 870. The quantitative estimate of drug-likeness (QED) is 0.656. The lowest BCUT2D eigenvalue weighted by Gasteiger charge is -2.33. The summed E-state index contributed by atoms with van der Waals surface area (Å²) in [6.07, 6.45) is 5.32. The van der Waals surface area contributed by atoms with E-state index in [2.05, 4.69) is 15.3 Å². The number of anilines is 1. The molecule has 1 aromatic carbocycles. The molecule has 156 valence electrons. The lowest BCUT2D eigenvalue weighted by atomic mass is 10.1. The number of nitrogens with zero attached hydrogens (tertiary/aromatic N) is 4. The highest BCUT2D eigenvalue weighted by Gasteiger charge is 2.27. The SMILES string of the molecule is O=C(CCCc1ccccc1)NCCS(=O)(=O)N1CCN(c2ncccn2)CC1. The highest BCUT2D eigenvalue weighted by molar-refractivity contribution is 7.89. The Hall–Kier alpha value is -2.52. The highest BCUT2D eigenvalue weighted by Crippen LogP contribution is 2.12. The fourth-order valence-electron chi connectivity index (χ4n) is 3.26. The number of carbonyl (C=O) groups is 1. The van der Waals surface area contributed by atoms with Crippen molar-refractivity contribution in [2.24, 2.45) is 0 Å². The minimum absolute atomic E-state index is 0.0841. The number of aromatic nitrogens is 2. The minimum atomic E-state index is -3.40. The van der Waals surface area contributed by atoms with Crippen molar-refractivity contribution >= 4 is 21.9 Å². The number of aryl methyl sites for hydroxylation is 1. The molecule has 3 rings (SSSR count). The van der Waals surface area contributed by atoms with Crippen LogP contribution in [0.25, 0.3) is 0 Å². The first-order chi connectivity index (χ1) is 14.0. The predicted molar refractivity (Wildman–Crippen MR) is 112 cm³/mol. The summed E-state index contributed by atoms with van der Waals surface area (Å²) in [6, 6.07) is 11.7. The number of carbonyl (C=O) groups excluding carboxylic acids is 1. The highest BCUT2D eigenvalue weighted by atomic mass is 32.2. The van der Waals surface area contributed by atoms with E-state index >= 15 is 0 Å². The summed E-state index contributed by atoms with van der Waals surface area (Å²) in [5.41, 5.74) is 1.20. The summed E-state index contributed by atoms with van der Waals surface area (Å²) in [4.78, 5) is 22.3. The zero-order valence-electron chi connectivity index (χ0n) is 16.4. The molecule has 1 saturated heterocycles. The number of benzene rings is 1. The molecule has 1 fully saturated rings. The van der Waals surface area contributed by atoms with Crippen LogP contribution in [0.5, 0.6) is 0 Å². The van der Waals surface area contributed by atoms with Gasteiger partial charge in [-0.15, -0.1) is 0 Å². The van der Waals surface area contributed by atoms with Crippen molar-refractivity contribution in [2.45, 2.75) is 19.3 Å². The Morgan fingerprint density at radius 2 is 1.69 bits per heavy atom.